The molecule has 56 heavy (non-hydrogen) atoms. The molecule has 0 aromatic heterocycles. The number of hydrogen-bond donors (Lipinski definition) is 6. The number of aliphatic hydroxyl groups is 3. The van der Waals surface area contributed by atoms with Crippen LogP contribution in [0.25, 0.3) is 0 Å². The SMILES string of the molecule is CC[C@@]1(O)C[C@H](O[C@H]2CC[C@H](O[C@H]3C[C@H](O)[C@H](O[C@H]4CC[C@H](O)[C@H](C)O4)[C@H](C)O3)[C@H](C)O2)c2c(O)c3c(c(O)c2[C@H]1C(=O)OC)C(=O)c1cccc(O)c1C3=O. The Morgan fingerprint density at radius 1 is 0.786 bits per heavy atom. The largest absolute Gasteiger partial charge is 0.507 e. The lowest BCUT2D eigenvalue weighted by Gasteiger charge is -2.45. The topological polar surface area (TPSA) is 237 Å². The number of phenolic OH excluding ortho intramolecular Hbond substituents is 3. The summed E-state index contributed by atoms with van der Waals surface area (Å²) in [5.41, 5.74) is -4.09. The molecule has 0 bridgehead atoms. The van der Waals surface area contributed by atoms with Gasteiger partial charge in [0.25, 0.3) is 0 Å². The summed E-state index contributed by atoms with van der Waals surface area (Å²) in [7, 11) is 1.10. The smallest absolute Gasteiger partial charge is 0.316 e. The average molecular weight is 787 g/mol. The molecule has 306 valence electrons. The lowest BCUT2D eigenvalue weighted by molar-refractivity contribution is -0.322. The maximum atomic E-state index is 13.8. The molecule has 5 aliphatic rings. The number of carbonyl (C=O) groups is 3. The first-order valence-electron chi connectivity index (χ1n) is 19.2. The van der Waals surface area contributed by atoms with Crippen molar-refractivity contribution in [2.45, 2.75) is 152 Å². The molecule has 0 radical (unpaired) electrons. The van der Waals surface area contributed by atoms with E-state index in [9.17, 15) is 45.0 Å². The molecule has 0 amide bonds. The summed E-state index contributed by atoms with van der Waals surface area (Å²) >= 11 is 0. The van der Waals surface area contributed by atoms with Gasteiger partial charge in [0.2, 0.25) is 5.78 Å². The minimum absolute atomic E-state index is 0.0295. The quantitative estimate of drug-likeness (QED) is 0.142. The number of ketones is 2. The second-order valence-electron chi connectivity index (χ2n) is 15.5. The molecule has 16 nitrogen and oxygen atoms in total. The summed E-state index contributed by atoms with van der Waals surface area (Å²) in [4.78, 5) is 41.0. The molecule has 3 aliphatic heterocycles. The molecule has 2 aromatic rings. The van der Waals surface area contributed by atoms with Crippen molar-refractivity contribution >= 4 is 17.5 Å². The van der Waals surface area contributed by atoms with Crippen LogP contribution >= 0.6 is 0 Å². The van der Waals surface area contributed by atoms with E-state index in [1.807, 2.05) is 0 Å². The molecule has 0 unspecified atom stereocenters. The highest BCUT2D eigenvalue weighted by molar-refractivity contribution is 6.31. The van der Waals surface area contributed by atoms with Crippen LogP contribution in [-0.4, -0.2) is 122 Å². The summed E-state index contributed by atoms with van der Waals surface area (Å²) in [6, 6.07) is 3.88. The van der Waals surface area contributed by atoms with Crippen LogP contribution in [-0.2, 0) is 38.0 Å². The fourth-order valence-corrected chi connectivity index (χ4v) is 8.89. The van der Waals surface area contributed by atoms with Gasteiger partial charge in [0.05, 0.1) is 72.1 Å². The number of aromatic hydroxyl groups is 3. The van der Waals surface area contributed by atoms with E-state index in [-0.39, 0.29) is 47.9 Å². The number of methoxy groups -OCH3 is 1. The monoisotopic (exact) mass is 786 g/mol. The lowest BCUT2D eigenvalue weighted by atomic mass is 9.66. The van der Waals surface area contributed by atoms with Gasteiger partial charge in [-0.15, -0.1) is 0 Å². The number of carbonyl (C=O) groups excluding carboxylic acids is 3. The van der Waals surface area contributed by atoms with Crippen LogP contribution in [0, 0.1) is 0 Å². The zero-order valence-electron chi connectivity index (χ0n) is 31.9. The molecule has 2 aliphatic carbocycles. The van der Waals surface area contributed by atoms with Crippen molar-refractivity contribution in [3.8, 4) is 17.2 Å². The molecule has 13 atom stereocenters. The molecular weight excluding hydrogens is 736 g/mol. The van der Waals surface area contributed by atoms with Crippen LogP contribution in [0.2, 0.25) is 0 Å². The van der Waals surface area contributed by atoms with E-state index in [0.717, 1.165) is 7.11 Å². The molecule has 3 fully saturated rings. The third kappa shape index (κ3) is 6.98. The van der Waals surface area contributed by atoms with E-state index in [2.05, 4.69) is 0 Å². The van der Waals surface area contributed by atoms with E-state index in [4.69, 9.17) is 33.2 Å². The van der Waals surface area contributed by atoms with Gasteiger partial charge in [-0.2, -0.15) is 0 Å². The van der Waals surface area contributed by atoms with Gasteiger partial charge < -0.3 is 63.8 Å². The second-order valence-corrected chi connectivity index (χ2v) is 15.5. The van der Waals surface area contributed by atoms with E-state index in [1.54, 1.807) is 27.7 Å². The van der Waals surface area contributed by atoms with E-state index < -0.39 is 125 Å². The van der Waals surface area contributed by atoms with Crippen LogP contribution < -0.4 is 0 Å². The zero-order chi connectivity index (χ0) is 40.4. The second kappa shape index (κ2) is 15.6. The highest BCUT2D eigenvalue weighted by Crippen LogP contribution is 2.57. The molecule has 7 rings (SSSR count). The molecule has 0 saturated carbocycles. The first-order valence-corrected chi connectivity index (χ1v) is 19.2. The van der Waals surface area contributed by atoms with Gasteiger partial charge in [-0.3, -0.25) is 14.4 Å². The third-order valence-corrected chi connectivity index (χ3v) is 12.0. The van der Waals surface area contributed by atoms with Gasteiger partial charge in [0.1, 0.15) is 29.3 Å². The van der Waals surface area contributed by atoms with Crippen molar-refractivity contribution in [2.24, 2.45) is 0 Å². The number of hydrogen-bond acceptors (Lipinski definition) is 16. The summed E-state index contributed by atoms with van der Waals surface area (Å²) in [6.45, 7) is 6.93. The summed E-state index contributed by atoms with van der Waals surface area (Å²) in [6.07, 6.45) is -6.29. The van der Waals surface area contributed by atoms with E-state index >= 15 is 0 Å². The molecule has 2 aromatic carbocycles. The maximum Gasteiger partial charge on any atom is 0.316 e. The number of fused-ring (bicyclic) bond motifs is 3. The van der Waals surface area contributed by atoms with Crippen molar-refractivity contribution in [1.82, 2.24) is 0 Å². The lowest BCUT2D eigenvalue weighted by Crippen LogP contribution is -2.53. The fourth-order valence-electron chi connectivity index (χ4n) is 8.89. The van der Waals surface area contributed by atoms with Crippen LogP contribution in [0.15, 0.2) is 18.2 Å². The summed E-state index contributed by atoms with van der Waals surface area (Å²) in [5.74, 6) is -6.35. The molecular formula is C40H50O16. The number of aliphatic hydroxyl groups excluding tert-OH is 2. The Hall–Kier alpha value is -3.71. The minimum Gasteiger partial charge on any atom is -0.507 e. The standard InChI is InChI=1S/C40H50O16/c1-6-40(49)15-24(29-30(33(40)39(48)50-5)37(47)31-32(36(29)46)35(45)28-19(34(31)44)8-7-9-21(28)42)55-25-13-11-23(17(3)52-25)54-27-14-22(43)38(18(4)53-27)56-26-12-10-20(41)16(2)51-26/h7-9,16-18,20,22-27,33,38,41-43,46-47,49H,6,10-15H2,1-5H3/t16-,17-,18-,20-,22-,23-,24-,25-,26-,27-,33-,38+,40+/m0/s1. The highest BCUT2D eigenvalue weighted by atomic mass is 16.7. The first kappa shape index (κ1) is 40.5. The summed E-state index contributed by atoms with van der Waals surface area (Å²) < 4.78 is 41.9. The summed E-state index contributed by atoms with van der Waals surface area (Å²) in [5, 5.41) is 67.2. The third-order valence-electron chi connectivity index (χ3n) is 12.0. The van der Waals surface area contributed by atoms with Gasteiger partial charge in [-0.1, -0.05) is 19.1 Å². The predicted molar refractivity (Wildman–Crippen MR) is 191 cm³/mol. The Bertz CT molecular complexity index is 1850. The predicted octanol–water partition coefficient (Wildman–Crippen LogP) is 3.12. The number of benzene rings is 2. The van der Waals surface area contributed by atoms with E-state index in [1.165, 1.54) is 18.2 Å². The molecule has 0 spiro atoms. The minimum atomic E-state index is -1.90. The number of rotatable bonds is 8. The van der Waals surface area contributed by atoms with Crippen LogP contribution in [0.1, 0.15) is 128 Å². The highest BCUT2D eigenvalue weighted by Gasteiger charge is 2.55. The number of ether oxygens (including phenoxy) is 7. The Morgan fingerprint density at radius 2 is 1.43 bits per heavy atom. The van der Waals surface area contributed by atoms with Crippen molar-refractivity contribution < 1.29 is 78.2 Å². The first-order chi connectivity index (χ1) is 26.6. The van der Waals surface area contributed by atoms with Crippen molar-refractivity contribution in [2.75, 3.05) is 7.11 Å². The maximum absolute atomic E-state index is 13.8. The van der Waals surface area contributed by atoms with Crippen molar-refractivity contribution in [3.63, 3.8) is 0 Å². The van der Waals surface area contributed by atoms with Crippen LogP contribution in [0.5, 0.6) is 17.2 Å². The fraction of sp³-hybridized carbons (Fsp3) is 0.625. The average Bonchev–Trinajstić information content (AvgIpc) is 3.15. The van der Waals surface area contributed by atoms with E-state index in [0.29, 0.717) is 19.3 Å². The Labute approximate surface area is 323 Å². The molecule has 6 N–H and O–H groups in total. The van der Waals surface area contributed by atoms with Crippen molar-refractivity contribution in [3.05, 3.63) is 51.6 Å². The number of esters is 1. The van der Waals surface area contributed by atoms with Gasteiger partial charge in [-0.05, 0) is 46.1 Å². The molecule has 3 saturated heterocycles. The Morgan fingerprint density at radius 3 is 2.09 bits per heavy atom. The van der Waals surface area contributed by atoms with Crippen LogP contribution in [0.4, 0.5) is 0 Å². The van der Waals surface area contributed by atoms with Gasteiger partial charge >= 0.3 is 5.97 Å². The van der Waals surface area contributed by atoms with Gasteiger partial charge in [0, 0.05) is 42.4 Å². The number of phenols is 3. The Balaban J connectivity index is 1.10. The Kier molecular flexibility index (Phi) is 11.3. The molecule has 16 heteroatoms. The normalized spacial score (nSPS) is 37.0. The zero-order valence-corrected chi connectivity index (χ0v) is 31.9. The molecule has 3 heterocycles. The van der Waals surface area contributed by atoms with Gasteiger partial charge in [-0.25, -0.2) is 0 Å². The van der Waals surface area contributed by atoms with Crippen molar-refractivity contribution in [1.29, 1.82) is 0 Å². The van der Waals surface area contributed by atoms with Crippen LogP contribution in [0.3, 0.4) is 0 Å². The van der Waals surface area contributed by atoms with Gasteiger partial charge in [0.15, 0.2) is 24.7 Å².